The van der Waals surface area contributed by atoms with E-state index >= 15 is 0 Å². The number of ether oxygens (including phenoxy) is 1. The normalized spacial score (nSPS) is 16.9. The lowest BCUT2D eigenvalue weighted by Crippen LogP contribution is -2.37. The molecule has 3 heterocycles. The molecule has 1 aliphatic rings. The highest BCUT2D eigenvalue weighted by atomic mass is 16.5. The lowest BCUT2D eigenvalue weighted by Gasteiger charge is -2.32. The summed E-state index contributed by atoms with van der Waals surface area (Å²) >= 11 is 0. The SMILES string of the molecule is NCCCOC1CCN(c2ncnc3[nH]ccc23)CC1. The number of nitrogens with two attached hydrogens (primary N) is 1. The third-order valence-electron chi connectivity index (χ3n) is 3.78. The standard InChI is InChI=1S/C14H21N5O/c15-5-1-9-20-11-3-7-19(8-4-11)14-12-2-6-16-13(12)17-10-18-14/h2,6,10-11H,1,3-5,7-9,15H2,(H,16,17,18). The van der Waals surface area contributed by atoms with Gasteiger partial charge in [-0.25, -0.2) is 9.97 Å². The number of hydrogen-bond acceptors (Lipinski definition) is 5. The molecule has 2 aromatic rings. The molecule has 20 heavy (non-hydrogen) atoms. The Labute approximate surface area is 118 Å². The predicted octanol–water partition coefficient (Wildman–Crippen LogP) is 1.29. The molecule has 3 N–H and O–H groups in total. The second-order valence-corrected chi connectivity index (χ2v) is 5.14. The molecule has 0 saturated carbocycles. The van der Waals surface area contributed by atoms with Crippen LogP contribution in [0.5, 0.6) is 0 Å². The van der Waals surface area contributed by atoms with Crippen LogP contribution in [-0.2, 0) is 4.74 Å². The summed E-state index contributed by atoms with van der Waals surface area (Å²) in [5.74, 6) is 1.02. The number of nitrogens with zero attached hydrogens (tertiary/aromatic N) is 3. The zero-order valence-corrected chi connectivity index (χ0v) is 11.6. The van der Waals surface area contributed by atoms with Crippen molar-refractivity contribution < 1.29 is 4.74 Å². The molecule has 0 aliphatic carbocycles. The van der Waals surface area contributed by atoms with Crippen LogP contribution in [0.25, 0.3) is 11.0 Å². The van der Waals surface area contributed by atoms with Crippen LogP contribution in [0.4, 0.5) is 5.82 Å². The van der Waals surface area contributed by atoms with Gasteiger partial charge in [0.05, 0.1) is 11.5 Å². The van der Waals surface area contributed by atoms with E-state index in [0.29, 0.717) is 12.6 Å². The quantitative estimate of drug-likeness (QED) is 0.804. The van der Waals surface area contributed by atoms with E-state index in [1.54, 1.807) is 6.33 Å². The molecule has 108 valence electrons. The third-order valence-corrected chi connectivity index (χ3v) is 3.78. The van der Waals surface area contributed by atoms with Gasteiger partial charge in [-0.05, 0) is 31.9 Å². The number of nitrogens with one attached hydrogen (secondary N) is 1. The monoisotopic (exact) mass is 275 g/mol. The van der Waals surface area contributed by atoms with Crippen molar-refractivity contribution in [3.8, 4) is 0 Å². The number of hydrogen-bond donors (Lipinski definition) is 2. The first-order valence-electron chi connectivity index (χ1n) is 7.23. The first kappa shape index (κ1) is 13.3. The number of aromatic amines is 1. The summed E-state index contributed by atoms with van der Waals surface area (Å²) in [5, 5.41) is 1.09. The number of H-pyrrole nitrogens is 1. The van der Waals surface area contributed by atoms with E-state index < -0.39 is 0 Å². The summed E-state index contributed by atoms with van der Waals surface area (Å²) in [6, 6.07) is 2.04. The number of fused-ring (bicyclic) bond motifs is 1. The van der Waals surface area contributed by atoms with Gasteiger partial charge in [-0.15, -0.1) is 0 Å². The summed E-state index contributed by atoms with van der Waals surface area (Å²) in [6.45, 7) is 3.43. The van der Waals surface area contributed by atoms with Crippen LogP contribution in [0.15, 0.2) is 18.6 Å². The van der Waals surface area contributed by atoms with E-state index in [1.165, 1.54) is 0 Å². The average Bonchev–Trinajstić information content (AvgIpc) is 2.97. The van der Waals surface area contributed by atoms with E-state index in [0.717, 1.165) is 55.8 Å². The van der Waals surface area contributed by atoms with Crippen LogP contribution in [0.2, 0.25) is 0 Å². The molecule has 0 aromatic carbocycles. The molecule has 6 heteroatoms. The van der Waals surface area contributed by atoms with Crippen molar-refractivity contribution in [2.75, 3.05) is 31.1 Å². The molecule has 0 atom stereocenters. The fourth-order valence-electron chi connectivity index (χ4n) is 2.68. The number of aromatic nitrogens is 3. The van der Waals surface area contributed by atoms with Crippen molar-refractivity contribution in [2.24, 2.45) is 5.73 Å². The molecule has 3 rings (SSSR count). The Morgan fingerprint density at radius 3 is 3.00 bits per heavy atom. The van der Waals surface area contributed by atoms with Gasteiger partial charge in [0.1, 0.15) is 17.8 Å². The van der Waals surface area contributed by atoms with Crippen LogP contribution in [0, 0.1) is 0 Å². The maximum atomic E-state index is 5.83. The Balaban J connectivity index is 1.62. The lowest BCUT2D eigenvalue weighted by molar-refractivity contribution is 0.0366. The highest BCUT2D eigenvalue weighted by molar-refractivity contribution is 5.87. The fourth-order valence-corrected chi connectivity index (χ4v) is 2.68. The van der Waals surface area contributed by atoms with Gasteiger partial charge in [0.25, 0.3) is 0 Å². The maximum absolute atomic E-state index is 5.83. The molecule has 0 amide bonds. The second kappa shape index (κ2) is 6.19. The lowest BCUT2D eigenvalue weighted by atomic mass is 10.1. The van der Waals surface area contributed by atoms with E-state index in [1.807, 2.05) is 12.3 Å². The maximum Gasteiger partial charge on any atom is 0.142 e. The van der Waals surface area contributed by atoms with Gasteiger partial charge in [-0.2, -0.15) is 0 Å². The molecule has 0 bridgehead atoms. The van der Waals surface area contributed by atoms with Crippen molar-refractivity contribution in [1.29, 1.82) is 0 Å². The Hall–Kier alpha value is -1.66. The van der Waals surface area contributed by atoms with Crippen molar-refractivity contribution in [3.05, 3.63) is 18.6 Å². The minimum atomic E-state index is 0.362. The fraction of sp³-hybridized carbons (Fsp3) is 0.571. The van der Waals surface area contributed by atoms with Gasteiger partial charge < -0.3 is 20.4 Å². The molecular weight excluding hydrogens is 254 g/mol. The van der Waals surface area contributed by atoms with Crippen LogP contribution in [0.3, 0.4) is 0 Å². The average molecular weight is 275 g/mol. The highest BCUT2D eigenvalue weighted by Gasteiger charge is 2.22. The van der Waals surface area contributed by atoms with Crippen LogP contribution in [-0.4, -0.2) is 47.3 Å². The summed E-state index contributed by atoms with van der Waals surface area (Å²) in [7, 11) is 0. The Kier molecular flexibility index (Phi) is 4.13. The van der Waals surface area contributed by atoms with E-state index in [9.17, 15) is 0 Å². The van der Waals surface area contributed by atoms with Crippen molar-refractivity contribution in [3.63, 3.8) is 0 Å². The first-order chi connectivity index (χ1) is 9.88. The molecule has 1 fully saturated rings. The van der Waals surface area contributed by atoms with Crippen LogP contribution in [0.1, 0.15) is 19.3 Å². The smallest absolute Gasteiger partial charge is 0.142 e. The van der Waals surface area contributed by atoms with E-state index in [4.69, 9.17) is 10.5 Å². The van der Waals surface area contributed by atoms with Gasteiger partial charge in [-0.1, -0.05) is 0 Å². The summed E-state index contributed by atoms with van der Waals surface area (Å²) in [5.41, 5.74) is 6.38. The van der Waals surface area contributed by atoms with Crippen LogP contribution < -0.4 is 10.6 Å². The Morgan fingerprint density at radius 2 is 2.20 bits per heavy atom. The number of anilines is 1. The molecular formula is C14H21N5O. The molecule has 1 saturated heterocycles. The first-order valence-corrected chi connectivity index (χ1v) is 7.23. The zero-order valence-electron chi connectivity index (χ0n) is 11.6. The summed E-state index contributed by atoms with van der Waals surface area (Å²) < 4.78 is 5.83. The zero-order chi connectivity index (χ0) is 13.8. The molecule has 6 nitrogen and oxygen atoms in total. The summed E-state index contributed by atoms with van der Waals surface area (Å²) in [6.07, 6.45) is 6.92. The molecule has 2 aromatic heterocycles. The molecule has 1 aliphatic heterocycles. The van der Waals surface area contributed by atoms with Gasteiger partial charge >= 0.3 is 0 Å². The third kappa shape index (κ3) is 2.76. The van der Waals surface area contributed by atoms with Gasteiger partial charge in [0.15, 0.2) is 0 Å². The Morgan fingerprint density at radius 1 is 1.35 bits per heavy atom. The van der Waals surface area contributed by atoms with E-state index in [-0.39, 0.29) is 0 Å². The molecule has 0 unspecified atom stereocenters. The van der Waals surface area contributed by atoms with Gasteiger partial charge in [-0.3, -0.25) is 0 Å². The van der Waals surface area contributed by atoms with Crippen LogP contribution >= 0.6 is 0 Å². The predicted molar refractivity (Wildman–Crippen MR) is 78.7 cm³/mol. The molecule has 0 spiro atoms. The Bertz CT molecular complexity index is 547. The minimum Gasteiger partial charge on any atom is -0.378 e. The number of rotatable bonds is 5. The topological polar surface area (TPSA) is 80.1 Å². The van der Waals surface area contributed by atoms with Crippen molar-refractivity contribution in [2.45, 2.75) is 25.4 Å². The summed E-state index contributed by atoms with van der Waals surface area (Å²) in [4.78, 5) is 14.1. The highest BCUT2D eigenvalue weighted by Crippen LogP contribution is 2.25. The number of piperidine rings is 1. The van der Waals surface area contributed by atoms with E-state index in [2.05, 4.69) is 19.9 Å². The largest absolute Gasteiger partial charge is 0.378 e. The van der Waals surface area contributed by atoms with Crippen molar-refractivity contribution in [1.82, 2.24) is 15.0 Å². The van der Waals surface area contributed by atoms with Gasteiger partial charge in [0.2, 0.25) is 0 Å². The minimum absolute atomic E-state index is 0.362. The van der Waals surface area contributed by atoms with Crippen molar-refractivity contribution >= 4 is 16.9 Å². The molecule has 0 radical (unpaired) electrons. The van der Waals surface area contributed by atoms with Gasteiger partial charge in [0, 0.05) is 25.9 Å². The second-order valence-electron chi connectivity index (χ2n) is 5.14.